The summed E-state index contributed by atoms with van der Waals surface area (Å²) in [6.45, 7) is 0.455. The van der Waals surface area contributed by atoms with E-state index in [0.29, 0.717) is 0 Å². The first kappa shape index (κ1) is 48.7. The SMILES string of the molecule is COc1cccc2c1C(=O)c1c(O)c3c(c(O)c1C2=O)C[C@@](O)(C(=O)COC(=O)CCCC(=O)OC1C(=O)CCC1=O)C[C@@H]3O[C@H]1C[C@H](NC(=O)OCC2c3ccccc3-c3ccccc32)[C@H](O)[C@H](C)O1. The van der Waals surface area contributed by atoms with Gasteiger partial charge in [0.25, 0.3) is 0 Å². The van der Waals surface area contributed by atoms with Crippen LogP contribution in [0.25, 0.3) is 11.1 Å². The zero-order valence-corrected chi connectivity index (χ0v) is 38.5. The Kier molecular flexibility index (Phi) is 13.4. The predicted octanol–water partition coefficient (Wildman–Crippen LogP) is 4.15. The van der Waals surface area contributed by atoms with Crippen molar-refractivity contribution in [3.63, 3.8) is 0 Å². The van der Waals surface area contributed by atoms with Crippen molar-refractivity contribution in [2.24, 2.45) is 0 Å². The highest BCUT2D eigenvalue weighted by atomic mass is 16.7. The smallest absolute Gasteiger partial charge is 0.407 e. The molecule has 4 aromatic carbocycles. The number of rotatable bonds is 14. The highest BCUT2D eigenvalue weighted by Gasteiger charge is 2.51. The molecule has 370 valence electrons. The number of ketones is 5. The lowest BCUT2D eigenvalue weighted by atomic mass is 9.72. The zero-order chi connectivity index (χ0) is 50.5. The van der Waals surface area contributed by atoms with Gasteiger partial charge in [-0.05, 0) is 41.7 Å². The van der Waals surface area contributed by atoms with Crippen LogP contribution in [-0.4, -0.2) is 124 Å². The molecule has 4 aliphatic carbocycles. The summed E-state index contributed by atoms with van der Waals surface area (Å²) in [4.78, 5) is 104. The van der Waals surface area contributed by atoms with E-state index in [1.165, 1.54) is 32.2 Å². The van der Waals surface area contributed by atoms with Gasteiger partial charge in [-0.25, -0.2) is 4.79 Å². The van der Waals surface area contributed by atoms with Crippen LogP contribution < -0.4 is 10.1 Å². The van der Waals surface area contributed by atoms with Gasteiger partial charge in [-0.2, -0.15) is 0 Å². The van der Waals surface area contributed by atoms with Crippen LogP contribution in [0.5, 0.6) is 17.2 Å². The Morgan fingerprint density at radius 2 is 1.42 bits per heavy atom. The van der Waals surface area contributed by atoms with E-state index in [0.717, 1.165) is 22.3 Å². The number of fused-ring (bicyclic) bond motifs is 6. The minimum absolute atomic E-state index is 0.0144. The molecule has 5 N–H and O–H groups in total. The number of esters is 2. The van der Waals surface area contributed by atoms with Gasteiger partial charge in [-0.3, -0.25) is 33.6 Å². The Morgan fingerprint density at radius 1 is 0.789 bits per heavy atom. The summed E-state index contributed by atoms with van der Waals surface area (Å²) in [5.41, 5.74) is -0.657. The monoisotopic (exact) mass is 975 g/mol. The van der Waals surface area contributed by atoms with Crippen LogP contribution in [-0.2, 0) is 54.1 Å². The molecule has 19 heteroatoms. The minimum Gasteiger partial charge on any atom is -0.507 e. The number of aromatic hydroxyl groups is 2. The van der Waals surface area contributed by atoms with E-state index in [9.17, 15) is 58.8 Å². The average Bonchev–Trinajstić information content (AvgIpc) is 3.85. The highest BCUT2D eigenvalue weighted by Crippen LogP contribution is 2.53. The van der Waals surface area contributed by atoms with Gasteiger partial charge >= 0.3 is 18.0 Å². The van der Waals surface area contributed by atoms with E-state index in [2.05, 4.69) is 5.32 Å². The molecule has 1 heterocycles. The molecule has 9 rings (SSSR count). The molecule has 0 bridgehead atoms. The number of ether oxygens (including phenoxy) is 6. The van der Waals surface area contributed by atoms with Gasteiger partial charge in [0.2, 0.25) is 17.7 Å². The number of hydrogen-bond donors (Lipinski definition) is 5. The predicted molar refractivity (Wildman–Crippen MR) is 243 cm³/mol. The Bertz CT molecular complexity index is 2850. The number of carbonyl (C=O) groups excluding carboxylic acids is 8. The van der Waals surface area contributed by atoms with Crippen LogP contribution >= 0.6 is 0 Å². The summed E-state index contributed by atoms with van der Waals surface area (Å²) in [5, 5.41) is 50.1. The van der Waals surface area contributed by atoms with Crippen molar-refractivity contribution in [2.45, 2.75) is 107 Å². The van der Waals surface area contributed by atoms with Crippen molar-refractivity contribution in [1.29, 1.82) is 0 Å². The molecule has 4 aromatic rings. The summed E-state index contributed by atoms with van der Waals surface area (Å²) in [6, 6.07) is 18.7. The molecule has 5 aliphatic rings. The maximum absolute atomic E-state index is 14.2. The van der Waals surface area contributed by atoms with Gasteiger partial charge < -0.3 is 54.2 Å². The number of Topliss-reactive ketones (excluding diaryl/α,β-unsaturated/α-hetero) is 3. The van der Waals surface area contributed by atoms with Crippen LogP contribution in [0.15, 0.2) is 66.7 Å². The second kappa shape index (κ2) is 19.5. The first-order valence-corrected chi connectivity index (χ1v) is 23.1. The van der Waals surface area contributed by atoms with Gasteiger partial charge in [-0.15, -0.1) is 0 Å². The summed E-state index contributed by atoms with van der Waals surface area (Å²) in [7, 11) is 1.28. The number of aliphatic hydroxyl groups excluding tert-OH is 1. The topological polar surface area (TPSA) is 285 Å². The van der Waals surface area contributed by atoms with Crippen LogP contribution in [0.4, 0.5) is 4.79 Å². The van der Waals surface area contributed by atoms with Crippen molar-refractivity contribution in [1.82, 2.24) is 5.32 Å². The Labute approximate surface area is 404 Å². The second-order valence-corrected chi connectivity index (χ2v) is 18.2. The molecule has 2 fully saturated rings. The number of nitrogens with one attached hydrogen (secondary N) is 1. The van der Waals surface area contributed by atoms with E-state index in [-0.39, 0.29) is 72.6 Å². The molecule has 1 aliphatic heterocycles. The molecule has 1 saturated heterocycles. The highest BCUT2D eigenvalue weighted by molar-refractivity contribution is 6.31. The normalized spacial score (nSPS) is 23.5. The van der Waals surface area contributed by atoms with Gasteiger partial charge in [0.15, 0.2) is 30.2 Å². The number of hydrogen-bond acceptors (Lipinski definition) is 18. The molecular formula is C52H49NO18. The molecule has 1 amide bonds. The lowest BCUT2D eigenvalue weighted by Crippen LogP contribution is -2.56. The quantitative estimate of drug-likeness (QED) is 0.0452. The van der Waals surface area contributed by atoms with Gasteiger partial charge in [0.1, 0.15) is 35.6 Å². The Morgan fingerprint density at radius 3 is 2.10 bits per heavy atom. The first-order valence-electron chi connectivity index (χ1n) is 23.1. The molecule has 0 unspecified atom stereocenters. The summed E-state index contributed by atoms with van der Waals surface area (Å²) < 4.78 is 33.6. The number of benzene rings is 4. The van der Waals surface area contributed by atoms with Crippen molar-refractivity contribution in [3.8, 4) is 28.4 Å². The Hall–Kier alpha value is -7.32. The maximum atomic E-state index is 14.2. The molecule has 6 atom stereocenters. The number of amides is 1. The average molecular weight is 976 g/mol. The van der Waals surface area contributed by atoms with Crippen LogP contribution in [0.1, 0.15) is 118 Å². The summed E-state index contributed by atoms with van der Waals surface area (Å²) in [5.74, 6) is -7.61. The minimum atomic E-state index is -2.54. The number of aliphatic hydroxyl groups is 2. The number of phenols is 2. The number of phenolic OH excluding ortho intramolecular Hbond substituents is 2. The van der Waals surface area contributed by atoms with Crippen molar-refractivity contribution >= 4 is 46.9 Å². The fraction of sp³-hybridized carbons (Fsp3) is 0.385. The van der Waals surface area contributed by atoms with Crippen molar-refractivity contribution in [3.05, 3.63) is 111 Å². The molecule has 19 nitrogen and oxygen atoms in total. The van der Waals surface area contributed by atoms with Gasteiger partial charge in [0.05, 0.1) is 42.0 Å². The number of alkyl carbamates (subject to hydrolysis) is 1. The standard InChI is InChI=1S/C52H49NO18/c1-24-45(59)32(53-51(64)68-22-31-27-11-5-3-9-25(27)26-10-4-6-12-28(26)31)19-40(69-24)70-36-21-52(65,37(56)23-67-38(57)15-8-16-39(58)71-50-33(54)17-18-34(50)55)20-30-42(36)49(63)44-43(47(30)61)46(60)29-13-7-14-35(66-2)41(29)48(44)62/h3-7,9-14,24,31-32,36,40,45,50,59,61,63,65H,8,15-23H2,1-2H3,(H,53,64)/t24-,32-,36-,40-,45+,52-/m0/s1. The van der Waals surface area contributed by atoms with Gasteiger partial charge in [0, 0.05) is 67.6 Å². The first-order chi connectivity index (χ1) is 34.0. The third-order valence-corrected chi connectivity index (χ3v) is 13.8. The largest absolute Gasteiger partial charge is 0.507 e. The van der Waals surface area contributed by atoms with Crippen LogP contribution in [0.2, 0.25) is 0 Å². The molecule has 0 aromatic heterocycles. The van der Waals surface area contributed by atoms with E-state index in [1.807, 2.05) is 48.5 Å². The molecule has 71 heavy (non-hydrogen) atoms. The number of methoxy groups -OCH3 is 1. The number of carbonyl (C=O) groups is 8. The van der Waals surface area contributed by atoms with Gasteiger partial charge in [-0.1, -0.05) is 60.7 Å². The molecule has 0 radical (unpaired) electrons. The van der Waals surface area contributed by atoms with E-state index >= 15 is 0 Å². The third kappa shape index (κ3) is 9.05. The molecule has 0 spiro atoms. The molecule has 1 saturated carbocycles. The maximum Gasteiger partial charge on any atom is 0.407 e. The van der Waals surface area contributed by atoms with E-state index in [4.69, 9.17) is 28.4 Å². The summed E-state index contributed by atoms with van der Waals surface area (Å²) >= 11 is 0. The fourth-order valence-electron chi connectivity index (χ4n) is 10.2. The van der Waals surface area contributed by atoms with Crippen molar-refractivity contribution < 1.29 is 87.2 Å². The van der Waals surface area contributed by atoms with Crippen LogP contribution in [0.3, 0.4) is 0 Å². The lowest BCUT2D eigenvalue weighted by Gasteiger charge is -2.42. The summed E-state index contributed by atoms with van der Waals surface area (Å²) in [6.07, 6.45) is -10.3. The van der Waals surface area contributed by atoms with Crippen molar-refractivity contribution in [2.75, 3.05) is 20.3 Å². The third-order valence-electron chi connectivity index (χ3n) is 13.8. The van der Waals surface area contributed by atoms with E-state index in [1.54, 1.807) is 0 Å². The van der Waals surface area contributed by atoms with Crippen LogP contribution in [0, 0.1) is 0 Å². The molecular weight excluding hydrogens is 927 g/mol. The Balaban J connectivity index is 0.938. The zero-order valence-electron chi connectivity index (χ0n) is 38.5. The lowest BCUT2D eigenvalue weighted by molar-refractivity contribution is -0.249. The fourth-order valence-corrected chi connectivity index (χ4v) is 10.2. The van der Waals surface area contributed by atoms with E-state index < -0.39 is 138 Å². The second-order valence-electron chi connectivity index (χ2n) is 18.2.